The van der Waals surface area contributed by atoms with E-state index in [1.807, 2.05) is 0 Å². The van der Waals surface area contributed by atoms with Gasteiger partial charge in [0, 0.05) is 19.4 Å². The number of rotatable bonds is 44. The summed E-state index contributed by atoms with van der Waals surface area (Å²) in [6, 6.07) is 0. The van der Waals surface area contributed by atoms with Crippen LogP contribution in [0, 0.1) is 0 Å². The van der Waals surface area contributed by atoms with Crippen molar-refractivity contribution < 1.29 is 37.6 Å². The van der Waals surface area contributed by atoms with E-state index in [4.69, 9.17) is 24.3 Å². The number of nitrogens with two attached hydrogens (primary N) is 1. The first-order chi connectivity index (χ1) is 27.8. The molecule has 0 spiro atoms. The van der Waals surface area contributed by atoms with Crippen LogP contribution in [0.1, 0.15) is 219 Å². The summed E-state index contributed by atoms with van der Waals surface area (Å²) in [7, 11) is -4.38. The highest BCUT2D eigenvalue weighted by atomic mass is 31.2. The summed E-state index contributed by atoms with van der Waals surface area (Å²) < 4.78 is 32.8. The summed E-state index contributed by atoms with van der Waals surface area (Å²) in [5.74, 6) is -0.830. The highest BCUT2D eigenvalue weighted by molar-refractivity contribution is 7.47. The molecule has 2 atom stereocenters. The quantitative estimate of drug-likeness (QED) is 0.0266. The Morgan fingerprint density at radius 2 is 0.912 bits per heavy atom. The smallest absolute Gasteiger partial charge is 0.462 e. The van der Waals surface area contributed by atoms with Gasteiger partial charge in [0.15, 0.2) is 6.10 Å². The predicted octanol–water partition coefficient (Wildman–Crippen LogP) is 13.7. The van der Waals surface area contributed by atoms with Crippen molar-refractivity contribution in [3.63, 3.8) is 0 Å². The second-order valence-corrected chi connectivity index (χ2v) is 17.1. The summed E-state index contributed by atoms with van der Waals surface area (Å²) in [4.78, 5) is 34.9. The zero-order valence-electron chi connectivity index (χ0n) is 36.8. The van der Waals surface area contributed by atoms with E-state index in [1.165, 1.54) is 128 Å². The number of unbranched alkanes of at least 4 members (excludes halogenated alkanes) is 25. The van der Waals surface area contributed by atoms with E-state index in [2.05, 4.69) is 50.3 Å². The molecule has 0 aromatic heterocycles. The van der Waals surface area contributed by atoms with Crippen molar-refractivity contribution in [1.29, 1.82) is 0 Å². The Balaban J connectivity index is 4.09. The van der Waals surface area contributed by atoms with Gasteiger partial charge in [0.2, 0.25) is 0 Å². The van der Waals surface area contributed by atoms with Gasteiger partial charge in [0.05, 0.1) is 13.2 Å². The highest BCUT2D eigenvalue weighted by Gasteiger charge is 2.26. The minimum Gasteiger partial charge on any atom is -0.462 e. The van der Waals surface area contributed by atoms with Crippen LogP contribution in [0.2, 0.25) is 0 Å². The van der Waals surface area contributed by atoms with Gasteiger partial charge in [0.25, 0.3) is 0 Å². The SMILES string of the molecule is CCCCCCC/C=C\C/C=C\C/C=C\CCCCCCCCCCC(=O)OC(COC(=O)CCCCCCCCCCCCCCC)COP(=O)(O)OCCN. The number of phosphoric acid groups is 1. The Morgan fingerprint density at radius 1 is 0.526 bits per heavy atom. The Kier molecular flexibility index (Phi) is 42.4. The number of ether oxygens (including phenoxy) is 2. The maximum atomic E-state index is 12.6. The van der Waals surface area contributed by atoms with Gasteiger partial charge in [-0.3, -0.25) is 18.6 Å². The van der Waals surface area contributed by atoms with Gasteiger partial charge in [-0.1, -0.05) is 192 Å². The fraction of sp³-hybridized carbons (Fsp3) is 0.830. The predicted molar refractivity (Wildman–Crippen MR) is 238 cm³/mol. The molecule has 0 radical (unpaired) electrons. The molecule has 57 heavy (non-hydrogen) atoms. The molecule has 0 rings (SSSR count). The van der Waals surface area contributed by atoms with Crippen molar-refractivity contribution in [2.45, 2.75) is 225 Å². The average molecular weight is 826 g/mol. The molecule has 0 fully saturated rings. The number of carbonyl (C=O) groups is 2. The molecular weight excluding hydrogens is 737 g/mol. The first-order valence-electron chi connectivity index (χ1n) is 23.5. The van der Waals surface area contributed by atoms with E-state index in [0.29, 0.717) is 6.42 Å². The van der Waals surface area contributed by atoms with Crippen molar-refractivity contribution >= 4 is 19.8 Å². The lowest BCUT2D eigenvalue weighted by Crippen LogP contribution is -2.29. The van der Waals surface area contributed by atoms with Crippen molar-refractivity contribution in [3.05, 3.63) is 36.5 Å². The highest BCUT2D eigenvalue weighted by Crippen LogP contribution is 2.43. The van der Waals surface area contributed by atoms with Crippen LogP contribution in [-0.2, 0) is 32.7 Å². The summed E-state index contributed by atoms with van der Waals surface area (Å²) >= 11 is 0. The van der Waals surface area contributed by atoms with Crippen molar-refractivity contribution in [2.75, 3.05) is 26.4 Å². The molecule has 0 aromatic rings. The third kappa shape index (κ3) is 43.6. The number of allylic oxidation sites excluding steroid dienone is 6. The second-order valence-electron chi connectivity index (χ2n) is 15.6. The van der Waals surface area contributed by atoms with Crippen molar-refractivity contribution in [1.82, 2.24) is 0 Å². The fourth-order valence-corrected chi connectivity index (χ4v) is 7.29. The molecule has 0 aliphatic heterocycles. The van der Waals surface area contributed by atoms with Crippen LogP contribution >= 0.6 is 7.82 Å². The molecule has 0 saturated heterocycles. The first kappa shape index (κ1) is 55.2. The second kappa shape index (κ2) is 43.8. The summed E-state index contributed by atoms with van der Waals surface area (Å²) in [6.45, 7) is 3.73. The first-order valence-corrected chi connectivity index (χ1v) is 25.0. The van der Waals surface area contributed by atoms with Crippen LogP contribution in [0.5, 0.6) is 0 Å². The molecule has 9 nitrogen and oxygen atoms in total. The van der Waals surface area contributed by atoms with E-state index < -0.39 is 26.5 Å². The number of esters is 2. The van der Waals surface area contributed by atoms with Crippen LogP contribution in [0.25, 0.3) is 0 Å². The Hall–Kier alpha value is -1.77. The molecule has 3 N–H and O–H groups in total. The van der Waals surface area contributed by atoms with Gasteiger partial charge in [-0.2, -0.15) is 0 Å². The molecular formula is C47H88NO8P. The largest absolute Gasteiger partial charge is 0.472 e. The monoisotopic (exact) mass is 826 g/mol. The van der Waals surface area contributed by atoms with E-state index >= 15 is 0 Å². The maximum absolute atomic E-state index is 12.6. The summed E-state index contributed by atoms with van der Waals surface area (Å²) in [5.41, 5.74) is 5.35. The molecule has 0 heterocycles. The van der Waals surface area contributed by atoms with E-state index in [9.17, 15) is 19.0 Å². The van der Waals surface area contributed by atoms with Gasteiger partial charge in [-0.15, -0.1) is 0 Å². The maximum Gasteiger partial charge on any atom is 0.472 e. The van der Waals surface area contributed by atoms with E-state index in [-0.39, 0.29) is 38.6 Å². The lowest BCUT2D eigenvalue weighted by atomic mass is 10.0. The normalized spacial score (nSPS) is 13.5. The summed E-state index contributed by atoms with van der Waals surface area (Å²) in [6.07, 6.45) is 48.9. The minimum atomic E-state index is -4.38. The fourth-order valence-electron chi connectivity index (χ4n) is 6.52. The van der Waals surface area contributed by atoms with Crippen molar-refractivity contribution in [3.8, 4) is 0 Å². The molecule has 0 amide bonds. The van der Waals surface area contributed by atoms with Crippen LogP contribution < -0.4 is 5.73 Å². The third-order valence-corrected chi connectivity index (χ3v) is 11.0. The molecule has 2 unspecified atom stereocenters. The van der Waals surface area contributed by atoms with Gasteiger partial charge in [-0.05, 0) is 51.4 Å². The molecule has 0 bridgehead atoms. The molecule has 0 aliphatic carbocycles. The lowest BCUT2D eigenvalue weighted by Gasteiger charge is -2.19. The standard InChI is InChI=1S/C47H88NO8P/c1-3-5-7-9-11-13-15-17-18-19-20-21-22-23-24-25-26-28-30-32-34-36-38-40-47(50)56-45(44-55-57(51,52)54-42-41-48)43-53-46(49)39-37-35-33-31-29-27-16-14-12-10-8-6-4-2/h15,17,19-20,22-23,45H,3-14,16,18,21,24-44,48H2,1-2H3,(H,51,52)/b17-15-,20-19-,23-22-. The molecule has 0 aliphatic rings. The van der Waals surface area contributed by atoms with E-state index in [1.54, 1.807) is 0 Å². The molecule has 0 aromatic carbocycles. The lowest BCUT2D eigenvalue weighted by molar-refractivity contribution is -0.161. The number of hydrogen-bond donors (Lipinski definition) is 2. The topological polar surface area (TPSA) is 134 Å². The Labute approximate surface area is 350 Å². The molecule has 10 heteroatoms. The number of carbonyl (C=O) groups excluding carboxylic acids is 2. The number of hydrogen-bond acceptors (Lipinski definition) is 8. The zero-order valence-corrected chi connectivity index (χ0v) is 37.7. The Bertz CT molecular complexity index is 1030. The van der Waals surface area contributed by atoms with Gasteiger partial charge in [0.1, 0.15) is 6.61 Å². The molecule has 334 valence electrons. The van der Waals surface area contributed by atoms with Gasteiger partial charge < -0.3 is 20.1 Å². The minimum absolute atomic E-state index is 0.0526. The van der Waals surface area contributed by atoms with Crippen LogP contribution in [0.4, 0.5) is 0 Å². The average Bonchev–Trinajstić information content (AvgIpc) is 3.20. The van der Waals surface area contributed by atoms with Crippen molar-refractivity contribution in [2.24, 2.45) is 5.73 Å². The number of phosphoric ester groups is 1. The van der Waals surface area contributed by atoms with Gasteiger partial charge >= 0.3 is 19.8 Å². The van der Waals surface area contributed by atoms with E-state index in [0.717, 1.165) is 57.8 Å². The molecule has 0 saturated carbocycles. The van der Waals surface area contributed by atoms with Gasteiger partial charge in [-0.25, -0.2) is 4.57 Å². The van der Waals surface area contributed by atoms with Crippen LogP contribution in [-0.4, -0.2) is 49.3 Å². The zero-order chi connectivity index (χ0) is 41.8. The van der Waals surface area contributed by atoms with Crippen LogP contribution in [0.15, 0.2) is 36.5 Å². The third-order valence-electron chi connectivity index (χ3n) is 10.0. The summed E-state index contributed by atoms with van der Waals surface area (Å²) in [5, 5.41) is 0. The Morgan fingerprint density at radius 3 is 1.35 bits per heavy atom. The van der Waals surface area contributed by atoms with Crippen LogP contribution in [0.3, 0.4) is 0 Å².